The lowest BCUT2D eigenvalue weighted by Crippen LogP contribution is -2.54. The average Bonchev–Trinajstić information content (AvgIpc) is 2.47. The lowest BCUT2D eigenvalue weighted by atomic mass is 9.84. The highest BCUT2D eigenvalue weighted by molar-refractivity contribution is 5.46. The Hall–Kier alpha value is -1.06. The van der Waals surface area contributed by atoms with Crippen LogP contribution in [0.25, 0.3) is 0 Å². The highest BCUT2D eigenvalue weighted by Gasteiger charge is 2.33. The maximum atomic E-state index is 9.31. The van der Waals surface area contributed by atoms with E-state index in [-0.39, 0.29) is 12.1 Å². The number of benzene rings is 1. The molecule has 106 valence electrons. The van der Waals surface area contributed by atoms with E-state index < -0.39 is 0 Å². The molecule has 0 atom stereocenters. The minimum Gasteiger partial charge on any atom is -0.396 e. The van der Waals surface area contributed by atoms with Gasteiger partial charge >= 0.3 is 0 Å². The molecule has 0 unspecified atom stereocenters. The van der Waals surface area contributed by atoms with Gasteiger partial charge in [0.25, 0.3) is 0 Å². The zero-order valence-corrected chi connectivity index (χ0v) is 11.9. The molecule has 19 heavy (non-hydrogen) atoms. The summed E-state index contributed by atoms with van der Waals surface area (Å²) >= 11 is 0. The van der Waals surface area contributed by atoms with Crippen LogP contribution in [-0.2, 0) is 0 Å². The number of hydrogen-bond acceptors (Lipinski definition) is 3. The van der Waals surface area contributed by atoms with Crippen LogP contribution < -0.4 is 10.2 Å². The van der Waals surface area contributed by atoms with E-state index in [0.29, 0.717) is 0 Å². The summed E-state index contributed by atoms with van der Waals surface area (Å²) in [4.78, 5) is 2.45. The molecule has 0 saturated carbocycles. The van der Waals surface area contributed by atoms with E-state index in [9.17, 15) is 5.11 Å². The van der Waals surface area contributed by atoms with Gasteiger partial charge in [-0.15, -0.1) is 0 Å². The number of anilines is 1. The minimum atomic E-state index is 0.149. The van der Waals surface area contributed by atoms with E-state index in [4.69, 9.17) is 0 Å². The van der Waals surface area contributed by atoms with Crippen molar-refractivity contribution in [2.75, 3.05) is 31.1 Å². The summed E-state index contributed by atoms with van der Waals surface area (Å²) in [6, 6.07) is 10.6. The zero-order chi connectivity index (χ0) is 13.6. The van der Waals surface area contributed by atoms with Crippen molar-refractivity contribution in [3.05, 3.63) is 30.3 Å². The van der Waals surface area contributed by atoms with Crippen molar-refractivity contribution in [1.29, 1.82) is 0 Å². The average molecular weight is 262 g/mol. The third-order valence-electron chi connectivity index (χ3n) is 4.18. The van der Waals surface area contributed by atoms with Crippen LogP contribution in [0.5, 0.6) is 0 Å². The van der Waals surface area contributed by atoms with E-state index >= 15 is 0 Å². The van der Waals surface area contributed by atoms with Crippen molar-refractivity contribution in [3.8, 4) is 0 Å². The number of aliphatic hydroxyl groups excluding tert-OH is 1. The Morgan fingerprint density at radius 2 is 1.89 bits per heavy atom. The lowest BCUT2D eigenvalue weighted by molar-refractivity contribution is 0.180. The second kappa shape index (κ2) is 6.92. The molecule has 1 aliphatic heterocycles. The van der Waals surface area contributed by atoms with Gasteiger partial charge in [-0.05, 0) is 44.4 Å². The topological polar surface area (TPSA) is 35.5 Å². The molecule has 1 aromatic carbocycles. The highest BCUT2D eigenvalue weighted by Crippen LogP contribution is 2.28. The molecule has 0 bridgehead atoms. The van der Waals surface area contributed by atoms with Gasteiger partial charge in [0.05, 0.1) is 0 Å². The molecule has 0 aromatic heterocycles. The fourth-order valence-electron chi connectivity index (χ4n) is 2.95. The fraction of sp³-hybridized carbons (Fsp3) is 0.625. The summed E-state index contributed by atoms with van der Waals surface area (Å²) < 4.78 is 0. The molecule has 1 heterocycles. The third-order valence-corrected chi connectivity index (χ3v) is 4.18. The smallest absolute Gasteiger partial charge is 0.0448 e. The normalized spacial score (nSPS) is 18.5. The predicted molar refractivity (Wildman–Crippen MR) is 80.6 cm³/mol. The van der Waals surface area contributed by atoms with Crippen LogP contribution in [0.3, 0.4) is 0 Å². The Kier molecular flexibility index (Phi) is 5.23. The standard InChI is InChI=1S/C16H26N2O/c1-2-11-17-16(10-14-19)8-12-18(13-9-16)15-6-4-3-5-7-15/h3-7,17,19H,2,8-14H2,1H3. The molecule has 0 radical (unpaired) electrons. The van der Waals surface area contributed by atoms with E-state index in [0.717, 1.165) is 45.3 Å². The van der Waals surface area contributed by atoms with E-state index in [1.165, 1.54) is 5.69 Å². The maximum Gasteiger partial charge on any atom is 0.0448 e. The molecule has 2 N–H and O–H groups in total. The number of nitrogens with one attached hydrogen (secondary N) is 1. The number of para-hydroxylation sites is 1. The van der Waals surface area contributed by atoms with Gasteiger partial charge in [-0.1, -0.05) is 25.1 Å². The largest absolute Gasteiger partial charge is 0.396 e. The quantitative estimate of drug-likeness (QED) is 0.826. The first-order valence-electron chi connectivity index (χ1n) is 7.45. The zero-order valence-electron chi connectivity index (χ0n) is 11.9. The van der Waals surface area contributed by atoms with E-state index in [1.807, 2.05) is 0 Å². The van der Waals surface area contributed by atoms with Crippen molar-refractivity contribution < 1.29 is 5.11 Å². The van der Waals surface area contributed by atoms with E-state index in [1.54, 1.807) is 0 Å². The van der Waals surface area contributed by atoms with Gasteiger partial charge in [0.15, 0.2) is 0 Å². The predicted octanol–water partition coefficient (Wildman–Crippen LogP) is 2.41. The Balaban J connectivity index is 1.95. The van der Waals surface area contributed by atoms with Crippen LogP contribution in [0.2, 0.25) is 0 Å². The molecule has 0 spiro atoms. The van der Waals surface area contributed by atoms with Gasteiger partial charge < -0.3 is 15.3 Å². The number of piperidine rings is 1. The van der Waals surface area contributed by atoms with Crippen molar-refractivity contribution in [1.82, 2.24) is 5.32 Å². The van der Waals surface area contributed by atoms with Gasteiger partial charge in [0.2, 0.25) is 0 Å². The van der Waals surface area contributed by atoms with Crippen LogP contribution >= 0.6 is 0 Å². The Bertz CT molecular complexity index is 358. The molecule has 0 amide bonds. The number of aliphatic hydroxyl groups is 1. The number of nitrogens with zero attached hydrogens (tertiary/aromatic N) is 1. The Morgan fingerprint density at radius 1 is 1.21 bits per heavy atom. The van der Waals surface area contributed by atoms with Crippen LogP contribution in [0.4, 0.5) is 5.69 Å². The second-order valence-electron chi connectivity index (χ2n) is 5.50. The first kappa shape index (κ1) is 14.4. The molecule has 1 aliphatic rings. The summed E-state index contributed by atoms with van der Waals surface area (Å²) in [5.74, 6) is 0. The van der Waals surface area contributed by atoms with E-state index in [2.05, 4.69) is 47.5 Å². The van der Waals surface area contributed by atoms with Crippen LogP contribution in [0.15, 0.2) is 30.3 Å². The van der Waals surface area contributed by atoms with Gasteiger partial charge in [0.1, 0.15) is 0 Å². The SMILES string of the molecule is CCCNC1(CCO)CCN(c2ccccc2)CC1. The molecular weight excluding hydrogens is 236 g/mol. The van der Waals surface area contributed by atoms with Gasteiger partial charge in [-0.2, -0.15) is 0 Å². The first-order chi connectivity index (χ1) is 9.29. The summed E-state index contributed by atoms with van der Waals surface area (Å²) in [5.41, 5.74) is 1.46. The van der Waals surface area contributed by atoms with Crippen LogP contribution in [0, 0.1) is 0 Å². The van der Waals surface area contributed by atoms with Crippen molar-refractivity contribution in [2.24, 2.45) is 0 Å². The second-order valence-corrected chi connectivity index (χ2v) is 5.50. The first-order valence-corrected chi connectivity index (χ1v) is 7.45. The molecule has 2 rings (SSSR count). The summed E-state index contributed by atoms with van der Waals surface area (Å²) in [7, 11) is 0. The minimum absolute atomic E-state index is 0.149. The fourth-order valence-corrected chi connectivity index (χ4v) is 2.95. The van der Waals surface area contributed by atoms with Gasteiger partial charge in [-0.25, -0.2) is 0 Å². The molecule has 3 heteroatoms. The molecular formula is C16H26N2O. The van der Waals surface area contributed by atoms with Crippen molar-refractivity contribution in [3.63, 3.8) is 0 Å². The lowest BCUT2D eigenvalue weighted by Gasteiger charge is -2.43. The Labute approximate surface area is 116 Å². The molecule has 1 aromatic rings. The van der Waals surface area contributed by atoms with Crippen molar-refractivity contribution in [2.45, 2.75) is 38.1 Å². The van der Waals surface area contributed by atoms with Gasteiger partial charge in [0, 0.05) is 30.9 Å². The number of hydrogen-bond donors (Lipinski definition) is 2. The van der Waals surface area contributed by atoms with Crippen LogP contribution in [-0.4, -0.2) is 36.9 Å². The molecule has 0 aliphatic carbocycles. The van der Waals surface area contributed by atoms with Gasteiger partial charge in [-0.3, -0.25) is 0 Å². The Morgan fingerprint density at radius 3 is 2.47 bits per heavy atom. The van der Waals surface area contributed by atoms with Crippen molar-refractivity contribution >= 4 is 5.69 Å². The third kappa shape index (κ3) is 3.71. The monoisotopic (exact) mass is 262 g/mol. The molecule has 1 fully saturated rings. The van der Waals surface area contributed by atoms with Crippen LogP contribution in [0.1, 0.15) is 32.6 Å². The summed E-state index contributed by atoms with van der Waals surface area (Å²) in [6.07, 6.45) is 4.25. The highest BCUT2D eigenvalue weighted by atomic mass is 16.3. The molecule has 3 nitrogen and oxygen atoms in total. The summed E-state index contributed by atoms with van der Waals surface area (Å²) in [5, 5.41) is 13.0. The maximum absolute atomic E-state index is 9.31. The summed E-state index contributed by atoms with van der Waals surface area (Å²) in [6.45, 7) is 5.66. The molecule has 1 saturated heterocycles. The number of rotatable bonds is 6.